The molecule has 0 aliphatic carbocycles. The van der Waals surface area contributed by atoms with Gasteiger partial charge in [0.05, 0.1) is 0 Å². The van der Waals surface area contributed by atoms with Crippen LogP contribution in [0.4, 0.5) is 0 Å². The van der Waals surface area contributed by atoms with Crippen molar-refractivity contribution in [1.82, 2.24) is 0 Å². The molecule has 1 aromatic carbocycles. The molecule has 0 unspecified atom stereocenters. The Morgan fingerprint density at radius 1 is 0.786 bits per heavy atom. The van der Waals surface area contributed by atoms with Crippen LogP contribution in [0.25, 0.3) is 0 Å². The van der Waals surface area contributed by atoms with Crippen molar-refractivity contribution in [2.24, 2.45) is 0 Å². The number of hydrogen-bond donors (Lipinski definition) is 1. The summed E-state index contributed by atoms with van der Waals surface area (Å²) in [6, 6.07) is 3.54. The first-order valence-corrected chi connectivity index (χ1v) is 11.2. The van der Waals surface area contributed by atoms with E-state index in [-0.39, 0.29) is 22.0 Å². The van der Waals surface area contributed by atoms with Gasteiger partial charge in [-0.1, -0.05) is 68.4 Å². The summed E-state index contributed by atoms with van der Waals surface area (Å²) in [6.45, 7) is 24.4. The van der Waals surface area contributed by atoms with Crippen LogP contribution in [-0.4, -0.2) is 26.2 Å². The van der Waals surface area contributed by atoms with E-state index >= 15 is 0 Å². The Bertz CT molecular complexity index is 728. The molecule has 0 aliphatic heterocycles. The lowest BCUT2D eigenvalue weighted by Crippen LogP contribution is -2.29. The molecule has 0 saturated heterocycles. The minimum Gasteiger partial charge on any atom is -0.382 e. The van der Waals surface area contributed by atoms with Gasteiger partial charge in [0.1, 0.15) is 5.75 Å². The molecular weight excluding hydrogens is 376 g/mol. The molecule has 164 valence electrons. The van der Waals surface area contributed by atoms with Gasteiger partial charge < -0.3 is 8.92 Å². The third-order valence-corrected chi connectivity index (χ3v) is 4.47. The Labute approximate surface area is 172 Å². The highest BCUT2D eigenvalue weighted by Gasteiger charge is 2.35. The van der Waals surface area contributed by atoms with Crippen LogP contribution in [0.3, 0.4) is 0 Å². The topological polar surface area (TPSA) is 72.8 Å². The summed E-state index contributed by atoms with van der Waals surface area (Å²) in [6.07, 6.45) is 0. The van der Waals surface area contributed by atoms with Crippen LogP contribution < -0.4 is 4.18 Å². The van der Waals surface area contributed by atoms with Crippen LogP contribution in [0.5, 0.6) is 5.75 Å². The van der Waals surface area contributed by atoms with Gasteiger partial charge in [0, 0.05) is 18.8 Å². The Hall–Kier alpha value is -1.11. The fourth-order valence-electron chi connectivity index (χ4n) is 3.12. The normalized spacial score (nSPS) is 13.0. The van der Waals surface area contributed by atoms with Crippen molar-refractivity contribution < 1.29 is 21.9 Å². The fourth-order valence-corrected chi connectivity index (χ4v) is 3.48. The Morgan fingerprint density at radius 2 is 1.21 bits per heavy atom. The number of hydrogen-bond acceptors (Lipinski definition) is 4. The molecule has 5 nitrogen and oxygen atoms in total. The largest absolute Gasteiger partial charge is 0.446 e. The maximum absolute atomic E-state index is 11.3. The van der Waals surface area contributed by atoms with Gasteiger partial charge in [0.2, 0.25) is 0 Å². The lowest BCUT2D eigenvalue weighted by molar-refractivity contribution is 0.162. The fraction of sp³-hybridized carbons (Fsp3) is 0.727. The summed E-state index contributed by atoms with van der Waals surface area (Å²) in [7, 11) is -4.57. The summed E-state index contributed by atoms with van der Waals surface area (Å²) < 4.78 is 41.4. The summed E-state index contributed by atoms with van der Waals surface area (Å²) in [5, 5.41) is 0. The predicted molar refractivity (Wildman–Crippen MR) is 117 cm³/mol. The molecule has 6 heteroatoms. The van der Waals surface area contributed by atoms with Crippen molar-refractivity contribution in [1.29, 1.82) is 0 Å². The van der Waals surface area contributed by atoms with Crippen molar-refractivity contribution in [3.63, 3.8) is 0 Å². The molecule has 28 heavy (non-hydrogen) atoms. The van der Waals surface area contributed by atoms with Gasteiger partial charge >= 0.3 is 10.4 Å². The highest BCUT2D eigenvalue weighted by Crippen LogP contribution is 2.45. The van der Waals surface area contributed by atoms with E-state index in [0.717, 1.165) is 29.9 Å². The second-order valence-corrected chi connectivity index (χ2v) is 10.9. The van der Waals surface area contributed by atoms with E-state index in [1.54, 1.807) is 6.07 Å². The van der Waals surface area contributed by atoms with E-state index in [1.807, 2.05) is 40.7 Å². The van der Waals surface area contributed by atoms with Crippen molar-refractivity contribution in [2.75, 3.05) is 13.2 Å². The first-order chi connectivity index (χ1) is 12.4. The van der Waals surface area contributed by atoms with E-state index in [2.05, 4.69) is 41.5 Å². The van der Waals surface area contributed by atoms with Gasteiger partial charge in [-0.15, -0.1) is 0 Å². The maximum atomic E-state index is 11.3. The number of ether oxygens (including phenoxy) is 1. The van der Waals surface area contributed by atoms with E-state index < -0.39 is 10.4 Å². The highest BCUT2D eigenvalue weighted by atomic mass is 32.3. The number of rotatable bonds is 4. The van der Waals surface area contributed by atoms with Gasteiger partial charge in [-0.3, -0.25) is 4.55 Å². The van der Waals surface area contributed by atoms with Gasteiger partial charge in [0.25, 0.3) is 0 Å². The average molecular weight is 417 g/mol. The molecule has 1 aromatic rings. The van der Waals surface area contributed by atoms with Gasteiger partial charge in [-0.25, -0.2) is 0 Å². The predicted octanol–water partition coefficient (Wildman–Crippen LogP) is 5.80. The lowest BCUT2D eigenvalue weighted by atomic mass is 9.68. The molecule has 0 heterocycles. The molecule has 0 spiro atoms. The minimum atomic E-state index is -4.57. The van der Waals surface area contributed by atoms with Crippen LogP contribution in [0, 0.1) is 0 Å². The van der Waals surface area contributed by atoms with Crippen molar-refractivity contribution in [3.05, 3.63) is 28.8 Å². The van der Waals surface area contributed by atoms with E-state index in [1.165, 1.54) is 0 Å². The maximum Gasteiger partial charge on any atom is 0.446 e. The van der Waals surface area contributed by atoms with E-state index in [9.17, 15) is 8.42 Å². The molecule has 0 fully saturated rings. The van der Waals surface area contributed by atoms with Gasteiger partial charge in [-0.05, 0) is 47.3 Å². The third-order valence-electron chi connectivity index (χ3n) is 4.08. The van der Waals surface area contributed by atoms with Gasteiger partial charge in [0.15, 0.2) is 0 Å². The molecule has 1 rings (SSSR count). The zero-order valence-corrected chi connectivity index (χ0v) is 20.4. The first kappa shape index (κ1) is 26.9. The zero-order valence-electron chi connectivity index (χ0n) is 19.6. The Kier molecular flexibility index (Phi) is 9.21. The molecule has 0 aliphatic rings. The highest BCUT2D eigenvalue weighted by molar-refractivity contribution is 7.81. The van der Waals surface area contributed by atoms with Crippen LogP contribution in [-0.2, 0) is 31.4 Å². The third kappa shape index (κ3) is 8.50. The quantitative estimate of drug-likeness (QED) is 0.628. The average Bonchev–Trinajstić information content (AvgIpc) is 2.43. The summed E-state index contributed by atoms with van der Waals surface area (Å²) in [5.74, 6) is 0.193. The molecule has 0 amide bonds. The SMILES string of the molecule is CC(C)(C)c1ccc(OS(=O)(=O)O)c(C(C)(C)C)c1C(C)(C)C.CCOCC. The molecule has 0 radical (unpaired) electrons. The summed E-state index contributed by atoms with van der Waals surface area (Å²) in [5.41, 5.74) is 2.39. The summed E-state index contributed by atoms with van der Waals surface area (Å²) >= 11 is 0. The second kappa shape index (κ2) is 9.59. The van der Waals surface area contributed by atoms with Crippen molar-refractivity contribution in [2.45, 2.75) is 92.4 Å². The molecular formula is C22H40O5S. The van der Waals surface area contributed by atoms with Gasteiger partial charge in [-0.2, -0.15) is 8.42 Å². The van der Waals surface area contributed by atoms with Crippen LogP contribution in [0.15, 0.2) is 12.1 Å². The van der Waals surface area contributed by atoms with Crippen LogP contribution >= 0.6 is 0 Å². The molecule has 0 bridgehead atoms. The number of benzene rings is 1. The minimum absolute atomic E-state index is 0.0980. The molecule has 0 atom stereocenters. The van der Waals surface area contributed by atoms with Crippen LogP contribution in [0.2, 0.25) is 0 Å². The zero-order chi connectivity index (χ0) is 22.6. The Balaban J connectivity index is 0.00000129. The van der Waals surface area contributed by atoms with E-state index in [0.29, 0.717) is 0 Å². The second-order valence-electron chi connectivity index (χ2n) is 9.90. The van der Waals surface area contributed by atoms with Crippen molar-refractivity contribution in [3.8, 4) is 5.75 Å². The first-order valence-electron chi connectivity index (χ1n) is 9.79. The lowest BCUT2D eigenvalue weighted by Gasteiger charge is -2.37. The summed E-state index contributed by atoms with van der Waals surface area (Å²) in [4.78, 5) is 0. The van der Waals surface area contributed by atoms with E-state index in [4.69, 9.17) is 13.5 Å². The van der Waals surface area contributed by atoms with Crippen LogP contribution in [0.1, 0.15) is 92.9 Å². The monoisotopic (exact) mass is 416 g/mol. The molecule has 0 saturated carbocycles. The smallest absolute Gasteiger partial charge is 0.382 e. The Morgan fingerprint density at radius 3 is 1.46 bits per heavy atom. The molecule has 1 N–H and O–H groups in total. The van der Waals surface area contributed by atoms with Crippen molar-refractivity contribution >= 4 is 10.4 Å². The standard InChI is InChI=1S/C18H30O4S.C4H10O/c1-16(2,3)12-10-11-13(22-23(19,20)21)15(18(7,8)9)14(12)17(4,5)6;1-3-5-4-2/h10-11H,1-9H3,(H,19,20,21);3-4H2,1-2H3. The molecule has 0 aromatic heterocycles.